The summed E-state index contributed by atoms with van der Waals surface area (Å²) < 4.78 is 0. The standard InChI is InChI=1S/C15H19N3S/c1-15(2)4-3-11-12(5-15)18-7-10(6-16)14(11)13-8-17-9-19-13/h8-11,14H,3-5,7H2,1-2H3. The number of nitriles is 1. The van der Waals surface area contributed by atoms with Gasteiger partial charge in [-0.25, -0.2) is 0 Å². The Labute approximate surface area is 118 Å². The van der Waals surface area contributed by atoms with Gasteiger partial charge in [0.2, 0.25) is 0 Å². The van der Waals surface area contributed by atoms with E-state index in [1.807, 2.05) is 11.7 Å². The second kappa shape index (κ2) is 4.72. The van der Waals surface area contributed by atoms with Gasteiger partial charge >= 0.3 is 0 Å². The van der Waals surface area contributed by atoms with Gasteiger partial charge in [-0.3, -0.25) is 9.98 Å². The van der Waals surface area contributed by atoms with Crippen LogP contribution in [-0.2, 0) is 0 Å². The summed E-state index contributed by atoms with van der Waals surface area (Å²) in [5.41, 5.74) is 3.59. The number of fused-ring (bicyclic) bond motifs is 1. The molecule has 0 radical (unpaired) electrons. The number of thiazole rings is 1. The van der Waals surface area contributed by atoms with Gasteiger partial charge in [-0.05, 0) is 24.7 Å². The summed E-state index contributed by atoms with van der Waals surface area (Å²) >= 11 is 1.69. The molecule has 0 amide bonds. The van der Waals surface area contributed by atoms with Crippen LogP contribution in [0.1, 0.15) is 43.9 Å². The number of nitrogens with zero attached hydrogens (tertiary/aromatic N) is 3. The molecule has 3 nitrogen and oxygen atoms in total. The molecule has 3 rings (SSSR count). The van der Waals surface area contributed by atoms with E-state index in [9.17, 15) is 5.26 Å². The lowest BCUT2D eigenvalue weighted by Gasteiger charge is -2.42. The van der Waals surface area contributed by atoms with Gasteiger partial charge in [0.1, 0.15) is 0 Å². The van der Waals surface area contributed by atoms with E-state index in [0.29, 0.717) is 23.8 Å². The topological polar surface area (TPSA) is 49.0 Å². The Morgan fingerprint density at radius 1 is 1.47 bits per heavy atom. The van der Waals surface area contributed by atoms with Crippen LogP contribution in [0.15, 0.2) is 16.7 Å². The molecule has 2 aliphatic rings. The zero-order valence-electron chi connectivity index (χ0n) is 11.5. The molecule has 100 valence electrons. The van der Waals surface area contributed by atoms with E-state index in [-0.39, 0.29) is 5.92 Å². The summed E-state index contributed by atoms with van der Waals surface area (Å²) in [6.45, 7) is 5.31. The molecule has 1 fully saturated rings. The average Bonchev–Trinajstić information content (AvgIpc) is 2.89. The molecular formula is C15H19N3S. The van der Waals surface area contributed by atoms with E-state index >= 15 is 0 Å². The monoisotopic (exact) mass is 273 g/mol. The lowest BCUT2D eigenvalue weighted by atomic mass is 9.64. The van der Waals surface area contributed by atoms with Crippen LogP contribution < -0.4 is 0 Å². The van der Waals surface area contributed by atoms with Gasteiger partial charge in [0.15, 0.2) is 0 Å². The number of aromatic nitrogens is 1. The molecule has 1 aromatic rings. The molecule has 0 aromatic carbocycles. The second-order valence-electron chi connectivity index (χ2n) is 6.48. The van der Waals surface area contributed by atoms with Crippen molar-refractivity contribution in [2.24, 2.45) is 22.2 Å². The first-order valence-corrected chi connectivity index (χ1v) is 7.80. The molecule has 0 spiro atoms. The van der Waals surface area contributed by atoms with Gasteiger partial charge in [0.05, 0.1) is 24.0 Å². The van der Waals surface area contributed by atoms with Crippen molar-refractivity contribution in [3.05, 3.63) is 16.6 Å². The quantitative estimate of drug-likeness (QED) is 0.784. The van der Waals surface area contributed by atoms with Crippen LogP contribution in [0.4, 0.5) is 0 Å². The van der Waals surface area contributed by atoms with Gasteiger partial charge < -0.3 is 0 Å². The SMILES string of the molecule is CC1(C)CCC2C(=NCC(C#N)C2c2cncs2)C1. The van der Waals surface area contributed by atoms with Crippen molar-refractivity contribution in [3.63, 3.8) is 0 Å². The maximum Gasteiger partial charge on any atom is 0.0794 e. The highest BCUT2D eigenvalue weighted by Crippen LogP contribution is 2.47. The first-order valence-electron chi connectivity index (χ1n) is 6.92. The lowest BCUT2D eigenvalue weighted by Crippen LogP contribution is -2.39. The van der Waals surface area contributed by atoms with E-state index in [1.54, 1.807) is 11.3 Å². The van der Waals surface area contributed by atoms with Crippen LogP contribution in [0.2, 0.25) is 0 Å². The highest BCUT2D eigenvalue weighted by Gasteiger charge is 2.42. The third-order valence-electron chi connectivity index (χ3n) is 4.52. The summed E-state index contributed by atoms with van der Waals surface area (Å²) in [5.74, 6) is 0.809. The molecule has 0 N–H and O–H groups in total. The van der Waals surface area contributed by atoms with Crippen molar-refractivity contribution >= 4 is 17.0 Å². The first kappa shape index (κ1) is 12.8. The summed E-state index contributed by atoms with van der Waals surface area (Å²) in [6, 6.07) is 2.47. The maximum atomic E-state index is 9.42. The molecule has 1 aliphatic heterocycles. The molecule has 3 unspecified atom stereocenters. The van der Waals surface area contributed by atoms with Crippen molar-refractivity contribution in [2.45, 2.75) is 39.0 Å². The summed E-state index contributed by atoms with van der Waals surface area (Å²) in [7, 11) is 0. The third-order valence-corrected chi connectivity index (χ3v) is 5.40. The second-order valence-corrected chi connectivity index (χ2v) is 7.40. The van der Waals surface area contributed by atoms with Crippen molar-refractivity contribution in [2.75, 3.05) is 6.54 Å². The zero-order chi connectivity index (χ0) is 13.5. The highest BCUT2D eigenvalue weighted by molar-refractivity contribution is 7.09. The number of hydrogen-bond donors (Lipinski definition) is 0. The number of hydrogen-bond acceptors (Lipinski definition) is 4. The molecule has 1 saturated carbocycles. The summed E-state index contributed by atoms with van der Waals surface area (Å²) in [4.78, 5) is 10.2. The Bertz CT molecular complexity index is 524. The zero-order valence-corrected chi connectivity index (χ0v) is 12.3. The molecule has 1 aliphatic carbocycles. The van der Waals surface area contributed by atoms with Crippen molar-refractivity contribution in [1.82, 2.24) is 4.98 Å². The highest BCUT2D eigenvalue weighted by atomic mass is 32.1. The Morgan fingerprint density at radius 2 is 2.32 bits per heavy atom. The smallest absolute Gasteiger partial charge is 0.0794 e. The normalized spacial score (nSPS) is 33.1. The predicted octanol–water partition coefficient (Wildman–Crippen LogP) is 3.65. The van der Waals surface area contributed by atoms with Crippen LogP contribution in [0.25, 0.3) is 0 Å². The lowest BCUT2D eigenvalue weighted by molar-refractivity contribution is 0.253. The minimum Gasteiger partial charge on any atom is -0.292 e. The third kappa shape index (κ3) is 2.32. The molecule has 0 bridgehead atoms. The molecule has 0 saturated heterocycles. The van der Waals surface area contributed by atoms with E-state index < -0.39 is 0 Å². The molecule has 4 heteroatoms. The largest absolute Gasteiger partial charge is 0.292 e. The Kier molecular flexibility index (Phi) is 3.18. The van der Waals surface area contributed by atoms with Crippen LogP contribution in [0, 0.1) is 28.6 Å². The maximum absolute atomic E-state index is 9.42. The van der Waals surface area contributed by atoms with E-state index in [2.05, 4.69) is 24.9 Å². The van der Waals surface area contributed by atoms with Gasteiger partial charge in [0.25, 0.3) is 0 Å². The van der Waals surface area contributed by atoms with Crippen LogP contribution in [0.3, 0.4) is 0 Å². The predicted molar refractivity (Wildman–Crippen MR) is 77.4 cm³/mol. The van der Waals surface area contributed by atoms with Crippen molar-refractivity contribution < 1.29 is 0 Å². The van der Waals surface area contributed by atoms with Crippen LogP contribution in [0.5, 0.6) is 0 Å². The average molecular weight is 273 g/mol. The van der Waals surface area contributed by atoms with Gasteiger partial charge in [0, 0.05) is 28.6 Å². The fourth-order valence-electron chi connectivity index (χ4n) is 3.50. The van der Waals surface area contributed by atoms with Gasteiger partial charge in [-0.15, -0.1) is 11.3 Å². The van der Waals surface area contributed by atoms with Crippen molar-refractivity contribution in [3.8, 4) is 6.07 Å². The minimum atomic E-state index is 0.0235. The molecule has 19 heavy (non-hydrogen) atoms. The van der Waals surface area contributed by atoms with Gasteiger partial charge in [-0.1, -0.05) is 13.8 Å². The summed E-state index contributed by atoms with van der Waals surface area (Å²) in [6.07, 6.45) is 5.42. The van der Waals surface area contributed by atoms with E-state index in [1.165, 1.54) is 17.0 Å². The Balaban J connectivity index is 1.95. The molecular weight excluding hydrogens is 254 g/mol. The molecule has 3 atom stereocenters. The van der Waals surface area contributed by atoms with Gasteiger partial charge in [-0.2, -0.15) is 5.26 Å². The Morgan fingerprint density at radius 3 is 3.00 bits per heavy atom. The van der Waals surface area contributed by atoms with Crippen molar-refractivity contribution in [1.29, 1.82) is 5.26 Å². The fourth-order valence-corrected chi connectivity index (χ4v) is 4.35. The molecule has 2 heterocycles. The Hall–Kier alpha value is -1.21. The van der Waals surface area contributed by atoms with E-state index in [0.717, 1.165) is 12.8 Å². The first-order chi connectivity index (χ1) is 9.11. The van der Waals surface area contributed by atoms with Crippen LogP contribution in [-0.4, -0.2) is 17.2 Å². The fraction of sp³-hybridized carbons (Fsp3) is 0.667. The van der Waals surface area contributed by atoms with E-state index in [4.69, 9.17) is 4.99 Å². The summed E-state index contributed by atoms with van der Waals surface area (Å²) in [5, 5.41) is 9.42. The number of aliphatic imine (C=N–C) groups is 1. The minimum absolute atomic E-state index is 0.0235. The number of rotatable bonds is 1. The van der Waals surface area contributed by atoms with Crippen LogP contribution >= 0.6 is 11.3 Å². The molecule has 1 aromatic heterocycles.